The molecule has 37 heavy (non-hydrogen) atoms. The number of aromatic nitrogens is 3. The Morgan fingerprint density at radius 3 is 2.35 bits per heavy atom. The molecular weight excluding hydrogens is 464 g/mol. The van der Waals surface area contributed by atoms with Gasteiger partial charge in [0.2, 0.25) is 5.91 Å². The molecule has 2 heterocycles. The maximum atomic E-state index is 14.0. The Bertz CT molecular complexity index is 1820. The highest BCUT2D eigenvalue weighted by Gasteiger charge is 2.23. The number of hydrogen-bond acceptors (Lipinski definition) is 3. The highest BCUT2D eigenvalue weighted by Crippen LogP contribution is 2.27. The smallest absolute Gasteiger partial charge is 0.336 e. The lowest BCUT2D eigenvalue weighted by atomic mass is 10.1. The van der Waals surface area contributed by atoms with Gasteiger partial charge in [-0.15, -0.1) is 0 Å². The molecule has 1 amide bonds. The van der Waals surface area contributed by atoms with E-state index in [-0.39, 0.29) is 12.5 Å². The molecule has 188 valence electrons. The lowest BCUT2D eigenvalue weighted by Crippen LogP contribution is -2.41. The molecule has 0 saturated heterocycles. The minimum Gasteiger partial charge on any atom is -0.338 e. The van der Waals surface area contributed by atoms with E-state index in [1.165, 1.54) is 9.13 Å². The number of aryl methyl sites for hydroxylation is 5. The molecule has 0 aliphatic rings. The maximum absolute atomic E-state index is 14.0. The van der Waals surface area contributed by atoms with Crippen LogP contribution >= 0.6 is 0 Å². The fourth-order valence-electron chi connectivity index (χ4n) is 5.13. The molecule has 0 unspecified atom stereocenters. The molecule has 5 rings (SSSR count). The zero-order chi connectivity index (χ0) is 26.4. The average molecular weight is 495 g/mol. The summed E-state index contributed by atoms with van der Waals surface area (Å²) in [5.41, 5.74) is 5.84. The molecule has 5 aromatic rings. The summed E-state index contributed by atoms with van der Waals surface area (Å²) in [5, 5.41) is 3.79. The second kappa shape index (κ2) is 9.24. The van der Waals surface area contributed by atoms with Crippen molar-refractivity contribution in [2.24, 2.45) is 7.05 Å². The van der Waals surface area contributed by atoms with Gasteiger partial charge in [-0.2, -0.15) is 0 Å². The minimum absolute atomic E-state index is 0.230. The van der Waals surface area contributed by atoms with E-state index in [1.54, 1.807) is 12.1 Å². The van der Waals surface area contributed by atoms with Gasteiger partial charge in [0.05, 0.1) is 16.7 Å². The number of para-hydroxylation sites is 1. The summed E-state index contributed by atoms with van der Waals surface area (Å²) in [6, 6.07) is 19.0. The number of amides is 1. The van der Waals surface area contributed by atoms with E-state index >= 15 is 0 Å². The predicted octanol–water partition coefficient (Wildman–Crippen LogP) is 4.77. The van der Waals surface area contributed by atoms with Crippen molar-refractivity contribution in [3.05, 3.63) is 104 Å². The van der Waals surface area contributed by atoms with Crippen molar-refractivity contribution in [3.8, 4) is 5.69 Å². The summed E-state index contributed by atoms with van der Waals surface area (Å²) < 4.78 is 4.41. The van der Waals surface area contributed by atoms with Crippen LogP contribution in [-0.2, 0) is 24.8 Å². The number of hydrogen-bond donors (Lipinski definition) is 1. The van der Waals surface area contributed by atoms with Gasteiger partial charge in [0.25, 0.3) is 5.56 Å². The molecule has 2 aromatic heterocycles. The van der Waals surface area contributed by atoms with Crippen molar-refractivity contribution in [1.82, 2.24) is 13.7 Å². The molecule has 0 spiro atoms. The number of fused-ring (bicyclic) bond motifs is 3. The van der Waals surface area contributed by atoms with E-state index in [1.807, 2.05) is 87.8 Å². The third-order valence-corrected chi connectivity index (χ3v) is 6.99. The van der Waals surface area contributed by atoms with Crippen molar-refractivity contribution in [1.29, 1.82) is 0 Å². The first kappa shape index (κ1) is 24.3. The Labute approximate surface area is 214 Å². The van der Waals surface area contributed by atoms with Gasteiger partial charge in [-0.1, -0.05) is 48.9 Å². The molecule has 0 radical (unpaired) electrons. The summed E-state index contributed by atoms with van der Waals surface area (Å²) in [7, 11) is 1.82. The fraction of sp³-hybridized carbons (Fsp3) is 0.233. The first-order valence-corrected chi connectivity index (χ1v) is 12.4. The van der Waals surface area contributed by atoms with Crippen LogP contribution in [0.4, 0.5) is 5.69 Å². The number of anilines is 1. The highest BCUT2D eigenvalue weighted by atomic mass is 16.2. The van der Waals surface area contributed by atoms with Crippen molar-refractivity contribution in [3.63, 3.8) is 0 Å². The van der Waals surface area contributed by atoms with Crippen LogP contribution in [0.25, 0.3) is 27.6 Å². The zero-order valence-corrected chi connectivity index (χ0v) is 21.8. The molecule has 0 fully saturated rings. The van der Waals surface area contributed by atoms with Crippen molar-refractivity contribution < 1.29 is 4.79 Å². The SMILES string of the molecule is CCc1cccc(C)c1NC(=O)Cn1c(=O)n(-c2cccc(C)c2)c(=O)c2c1c1cc(C)ccc1n2C. The highest BCUT2D eigenvalue weighted by molar-refractivity contribution is 6.06. The van der Waals surface area contributed by atoms with Gasteiger partial charge >= 0.3 is 5.69 Å². The average Bonchev–Trinajstić information content (AvgIpc) is 3.14. The number of benzene rings is 3. The van der Waals surface area contributed by atoms with Gasteiger partial charge in [-0.25, -0.2) is 9.36 Å². The van der Waals surface area contributed by atoms with E-state index in [2.05, 4.69) is 5.32 Å². The molecule has 7 nitrogen and oxygen atoms in total. The molecule has 0 bridgehead atoms. The van der Waals surface area contributed by atoms with Gasteiger partial charge in [0.15, 0.2) is 0 Å². The molecule has 0 aliphatic heterocycles. The number of nitrogens with zero attached hydrogens (tertiary/aromatic N) is 3. The maximum Gasteiger partial charge on any atom is 0.336 e. The summed E-state index contributed by atoms with van der Waals surface area (Å²) >= 11 is 0. The first-order chi connectivity index (χ1) is 17.7. The van der Waals surface area contributed by atoms with Crippen LogP contribution in [0.2, 0.25) is 0 Å². The third kappa shape index (κ3) is 4.06. The fourth-order valence-corrected chi connectivity index (χ4v) is 5.13. The Balaban J connectivity index is 1.78. The van der Waals surface area contributed by atoms with Crippen LogP contribution < -0.4 is 16.6 Å². The molecule has 3 aromatic carbocycles. The van der Waals surface area contributed by atoms with Crippen molar-refractivity contribution in [2.75, 3.05) is 5.32 Å². The Morgan fingerprint density at radius 1 is 0.892 bits per heavy atom. The van der Waals surface area contributed by atoms with Gasteiger partial charge in [0, 0.05) is 18.1 Å². The second-order valence-corrected chi connectivity index (χ2v) is 9.64. The third-order valence-electron chi connectivity index (χ3n) is 6.99. The zero-order valence-electron chi connectivity index (χ0n) is 21.8. The van der Waals surface area contributed by atoms with Crippen LogP contribution in [0.3, 0.4) is 0 Å². The monoisotopic (exact) mass is 494 g/mol. The number of carbonyl (C=O) groups is 1. The quantitative estimate of drug-likeness (QED) is 0.382. The molecule has 0 saturated carbocycles. The molecule has 7 heteroatoms. The predicted molar refractivity (Wildman–Crippen MR) is 149 cm³/mol. The number of nitrogens with one attached hydrogen (secondary N) is 1. The van der Waals surface area contributed by atoms with Gasteiger partial charge in [-0.3, -0.25) is 14.2 Å². The first-order valence-electron chi connectivity index (χ1n) is 12.4. The molecule has 0 atom stereocenters. The van der Waals surface area contributed by atoms with Crippen LogP contribution in [0.5, 0.6) is 0 Å². The van der Waals surface area contributed by atoms with E-state index in [0.29, 0.717) is 16.7 Å². The van der Waals surface area contributed by atoms with E-state index in [9.17, 15) is 14.4 Å². The van der Waals surface area contributed by atoms with Crippen LogP contribution in [0.15, 0.2) is 70.3 Å². The lowest BCUT2D eigenvalue weighted by Gasteiger charge is -2.16. The van der Waals surface area contributed by atoms with Gasteiger partial charge in [0.1, 0.15) is 12.1 Å². The van der Waals surface area contributed by atoms with Crippen molar-refractivity contribution in [2.45, 2.75) is 40.7 Å². The molecular formula is C30H30N4O3. The van der Waals surface area contributed by atoms with E-state index in [4.69, 9.17) is 0 Å². The standard InChI is InChI=1S/C30H30N4O3/c1-6-21-11-8-10-20(4)26(21)31-25(35)17-33-27-23-16-19(3)13-14-24(23)32(5)28(27)29(36)34(30(33)37)22-12-7-9-18(2)15-22/h7-16H,6,17H2,1-5H3,(H,31,35). The molecule has 1 N–H and O–H groups in total. The Kier molecular flexibility index (Phi) is 6.07. The van der Waals surface area contributed by atoms with Gasteiger partial charge < -0.3 is 9.88 Å². The Morgan fingerprint density at radius 2 is 1.62 bits per heavy atom. The lowest BCUT2D eigenvalue weighted by molar-refractivity contribution is -0.116. The van der Waals surface area contributed by atoms with Crippen molar-refractivity contribution >= 4 is 33.5 Å². The number of carbonyl (C=O) groups excluding carboxylic acids is 1. The van der Waals surface area contributed by atoms with Crippen LogP contribution in [0.1, 0.15) is 29.2 Å². The largest absolute Gasteiger partial charge is 0.338 e. The summed E-state index contributed by atoms with van der Waals surface area (Å²) in [5.74, 6) is -0.327. The Hall–Kier alpha value is -4.39. The van der Waals surface area contributed by atoms with Crippen LogP contribution in [-0.4, -0.2) is 19.6 Å². The topological polar surface area (TPSA) is 78.0 Å². The van der Waals surface area contributed by atoms with E-state index < -0.39 is 11.2 Å². The van der Waals surface area contributed by atoms with E-state index in [0.717, 1.165) is 45.3 Å². The minimum atomic E-state index is -0.548. The number of rotatable bonds is 5. The summed E-state index contributed by atoms with van der Waals surface area (Å²) in [6.45, 7) is 7.63. The van der Waals surface area contributed by atoms with Crippen LogP contribution in [0, 0.1) is 20.8 Å². The second-order valence-electron chi connectivity index (χ2n) is 9.64. The summed E-state index contributed by atoms with van der Waals surface area (Å²) in [4.78, 5) is 41.2. The molecule has 0 aliphatic carbocycles. The summed E-state index contributed by atoms with van der Waals surface area (Å²) in [6.07, 6.45) is 0.766. The normalized spacial score (nSPS) is 11.4. The van der Waals surface area contributed by atoms with Gasteiger partial charge in [-0.05, 0) is 68.1 Å².